The Hall–Kier alpha value is -0.400. The number of rotatable bonds is 3. The van der Waals surface area contributed by atoms with Crippen molar-refractivity contribution >= 4 is 0 Å². The van der Waals surface area contributed by atoms with Crippen molar-refractivity contribution in [2.24, 2.45) is 23.7 Å². The number of hydrogen-bond acceptors (Lipinski definition) is 0. The molecule has 0 N–H and O–H groups in total. The Kier molecular flexibility index (Phi) is 5.20. The SMILES string of the molecule is CC[C@H]1CC[C@H]([C@H]2CC[C@H](C=C(F)F)CC2)CC1. The first-order chi connectivity index (χ1) is 8.69. The molecule has 0 aromatic rings. The predicted octanol–water partition coefficient (Wildman–Crippen LogP) is 5.79. The smallest absolute Gasteiger partial charge is 0.174 e. The third kappa shape index (κ3) is 3.80. The molecule has 0 nitrogen and oxygen atoms in total. The lowest BCUT2D eigenvalue weighted by molar-refractivity contribution is 0.153. The van der Waals surface area contributed by atoms with Crippen LogP contribution >= 0.6 is 0 Å². The lowest BCUT2D eigenvalue weighted by atomic mass is 9.69. The number of allylic oxidation sites excluding steroid dienone is 1. The zero-order valence-corrected chi connectivity index (χ0v) is 11.5. The van der Waals surface area contributed by atoms with Crippen LogP contribution in [0.5, 0.6) is 0 Å². The molecule has 0 amide bonds. The Morgan fingerprint density at radius 1 is 0.889 bits per heavy atom. The van der Waals surface area contributed by atoms with E-state index in [1.54, 1.807) is 0 Å². The van der Waals surface area contributed by atoms with Crippen molar-refractivity contribution in [2.45, 2.75) is 64.7 Å². The Labute approximate surface area is 110 Å². The summed E-state index contributed by atoms with van der Waals surface area (Å²) >= 11 is 0. The zero-order valence-electron chi connectivity index (χ0n) is 11.5. The van der Waals surface area contributed by atoms with Gasteiger partial charge in [-0.1, -0.05) is 26.2 Å². The standard InChI is InChI=1S/C16H26F2/c1-2-12-3-7-14(8-4-12)15-9-5-13(6-10-15)11-16(17)18/h11-15H,2-10H2,1H3/t12-,13-,14-,15-. The normalized spacial score (nSPS) is 37.3. The molecule has 2 saturated carbocycles. The van der Waals surface area contributed by atoms with Crippen LogP contribution in [0.1, 0.15) is 64.7 Å². The highest BCUT2D eigenvalue weighted by Gasteiger charge is 2.30. The molecule has 2 aliphatic rings. The maximum absolute atomic E-state index is 12.2. The summed E-state index contributed by atoms with van der Waals surface area (Å²) in [6.07, 6.45) is 10.9. The first-order valence-electron chi connectivity index (χ1n) is 7.71. The van der Waals surface area contributed by atoms with Crippen molar-refractivity contribution in [3.63, 3.8) is 0 Å². The molecule has 2 fully saturated rings. The van der Waals surface area contributed by atoms with Crippen LogP contribution in [0.15, 0.2) is 12.2 Å². The van der Waals surface area contributed by atoms with Gasteiger partial charge in [-0.05, 0) is 68.3 Å². The van der Waals surface area contributed by atoms with Gasteiger partial charge in [-0.2, -0.15) is 8.78 Å². The monoisotopic (exact) mass is 256 g/mol. The summed E-state index contributed by atoms with van der Waals surface area (Å²) in [6, 6.07) is 0. The highest BCUT2D eigenvalue weighted by molar-refractivity contribution is 4.92. The second-order valence-corrected chi connectivity index (χ2v) is 6.32. The van der Waals surface area contributed by atoms with E-state index in [9.17, 15) is 8.78 Å². The molecule has 18 heavy (non-hydrogen) atoms. The second-order valence-electron chi connectivity index (χ2n) is 6.32. The van der Waals surface area contributed by atoms with Crippen molar-refractivity contribution in [1.29, 1.82) is 0 Å². The predicted molar refractivity (Wildman–Crippen MR) is 71.5 cm³/mol. The third-order valence-corrected chi connectivity index (χ3v) is 5.31. The van der Waals surface area contributed by atoms with Crippen LogP contribution in [0.2, 0.25) is 0 Å². The molecule has 0 atom stereocenters. The van der Waals surface area contributed by atoms with E-state index in [2.05, 4.69) is 6.92 Å². The highest BCUT2D eigenvalue weighted by atomic mass is 19.3. The molecule has 0 spiro atoms. The fourth-order valence-electron chi connectivity index (χ4n) is 4.03. The Balaban J connectivity index is 1.75. The van der Waals surface area contributed by atoms with Crippen LogP contribution in [0.4, 0.5) is 8.78 Å². The fraction of sp³-hybridized carbons (Fsp3) is 0.875. The van der Waals surface area contributed by atoms with Gasteiger partial charge in [-0.15, -0.1) is 0 Å². The molecule has 0 heterocycles. The van der Waals surface area contributed by atoms with Crippen LogP contribution < -0.4 is 0 Å². The van der Waals surface area contributed by atoms with Gasteiger partial charge in [0.15, 0.2) is 0 Å². The molecule has 0 bridgehead atoms. The van der Waals surface area contributed by atoms with E-state index < -0.39 is 6.08 Å². The van der Waals surface area contributed by atoms with Gasteiger partial charge >= 0.3 is 0 Å². The largest absolute Gasteiger partial charge is 0.266 e. The zero-order chi connectivity index (χ0) is 13.0. The maximum atomic E-state index is 12.2. The average Bonchev–Trinajstić information content (AvgIpc) is 2.39. The first kappa shape index (κ1) is 14.0. The van der Waals surface area contributed by atoms with E-state index in [1.165, 1.54) is 51.0 Å². The van der Waals surface area contributed by atoms with E-state index in [-0.39, 0.29) is 5.92 Å². The fourth-order valence-corrected chi connectivity index (χ4v) is 4.03. The minimum Gasteiger partial charge on any atom is -0.174 e. The minimum absolute atomic E-state index is 0.151. The topological polar surface area (TPSA) is 0 Å². The summed E-state index contributed by atoms with van der Waals surface area (Å²) in [5, 5.41) is 0. The second kappa shape index (κ2) is 6.68. The van der Waals surface area contributed by atoms with Gasteiger partial charge in [-0.3, -0.25) is 0 Å². The maximum Gasteiger partial charge on any atom is 0.266 e. The van der Waals surface area contributed by atoms with Gasteiger partial charge in [0.1, 0.15) is 0 Å². The number of hydrogen-bond donors (Lipinski definition) is 0. The Morgan fingerprint density at radius 3 is 1.83 bits per heavy atom. The quantitative estimate of drug-likeness (QED) is 0.599. The first-order valence-corrected chi connectivity index (χ1v) is 7.71. The summed E-state index contributed by atoms with van der Waals surface area (Å²) in [7, 11) is 0. The van der Waals surface area contributed by atoms with E-state index >= 15 is 0 Å². The molecule has 0 unspecified atom stereocenters. The van der Waals surface area contributed by atoms with Crippen molar-refractivity contribution in [1.82, 2.24) is 0 Å². The van der Waals surface area contributed by atoms with E-state index in [1.807, 2.05) is 0 Å². The molecular weight excluding hydrogens is 230 g/mol. The molecular formula is C16H26F2. The van der Waals surface area contributed by atoms with Gasteiger partial charge in [0.05, 0.1) is 0 Å². The third-order valence-electron chi connectivity index (χ3n) is 5.31. The summed E-state index contributed by atoms with van der Waals surface area (Å²) in [6.45, 7) is 2.30. The average molecular weight is 256 g/mol. The molecule has 0 radical (unpaired) electrons. The lowest BCUT2D eigenvalue weighted by Crippen LogP contribution is -2.25. The molecule has 2 aliphatic carbocycles. The molecule has 0 aliphatic heterocycles. The van der Waals surface area contributed by atoms with E-state index in [0.717, 1.165) is 30.6 Å². The van der Waals surface area contributed by atoms with Gasteiger partial charge in [0, 0.05) is 0 Å². The van der Waals surface area contributed by atoms with Crippen LogP contribution in [0, 0.1) is 23.7 Å². The van der Waals surface area contributed by atoms with E-state index in [0.29, 0.717) is 0 Å². The number of halogens is 2. The van der Waals surface area contributed by atoms with Gasteiger partial charge < -0.3 is 0 Å². The highest BCUT2D eigenvalue weighted by Crippen LogP contribution is 2.42. The molecule has 0 aromatic heterocycles. The van der Waals surface area contributed by atoms with Crippen molar-refractivity contribution < 1.29 is 8.78 Å². The molecule has 0 saturated heterocycles. The van der Waals surface area contributed by atoms with Gasteiger partial charge in [0.2, 0.25) is 0 Å². The Morgan fingerprint density at radius 2 is 1.39 bits per heavy atom. The van der Waals surface area contributed by atoms with E-state index in [4.69, 9.17) is 0 Å². The molecule has 2 heteroatoms. The van der Waals surface area contributed by atoms with Crippen LogP contribution in [-0.4, -0.2) is 0 Å². The minimum atomic E-state index is -1.48. The van der Waals surface area contributed by atoms with Gasteiger partial charge in [0.25, 0.3) is 6.08 Å². The lowest BCUT2D eigenvalue weighted by Gasteiger charge is -2.37. The summed E-state index contributed by atoms with van der Waals surface area (Å²) < 4.78 is 24.4. The van der Waals surface area contributed by atoms with Crippen molar-refractivity contribution in [3.05, 3.63) is 12.2 Å². The van der Waals surface area contributed by atoms with Crippen molar-refractivity contribution in [3.8, 4) is 0 Å². The molecule has 0 aromatic carbocycles. The summed E-state index contributed by atoms with van der Waals surface area (Å²) in [5.41, 5.74) is 0. The Bertz CT molecular complexity index is 265. The van der Waals surface area contributed by atoms with Crippen LogP contribution in [0.3, 0.4) is 0 Å². The van der Waals surface area contributed by atoms with Crippen molar-refractivity contribution in [2.75, 3.05) is 0 Å². The van der Waals surface area contributed by atoms with Crippen LogP contribution in [-0.2, 0) is 0 Å². The molecule has 2 rings (SSSR count). The summed E-state index contributed by atoms with van der Waals surface area (Å²) in [5.74, 6) is 2.84. The molecule has 104 valence electrons. The van der Waals surface area contributed by atoms with Crippen LogP contribution in [0.25, 0.3) is 0 Å². The van der Waals surface area contributed by atoms with Gasteiger partial charge in [-0.25, -0.2) is 0 Å². The summed E-state index contributed by atoms with van der Waals surface area (Å²) in [4.78, 5) is 0.